The highest BCUT2D eigenvalue weighted by molar-refractivity contribution is 8.03. The van der Waals surface area contributed by atoms with Gasteiger partial charge in [0.25, 0.3) is 0 Å². The van der Waals surface area contributed by atoms with Crippen molar-refractivity contribution >= 4 is 29.6 Å². The van der Waals surface area contributed by atoms with Crippen LogP contribution in [0.3, 0.4) is 0 Å². The van der Waals surface area contributed by atoms with E-state index in [1.54, 1.807) is 6.26 Å². The summed E-state index contributed by atoms with van der Waals surface area (Å²) in [7, 11) is 0. The molecule has 0 radical (unpaired) electrons. The van der Waals surface area contributed by atoms with Crippen LogP contribution in [0.4, 0.5) is 0 Å². The van der Waals surface area contributed by atoms with Gasteiger partial charge >= 0.3 is 0 Å². The first-order chi connectivity index (χ1) is 13.8. The summed E-state index contributed by atoms with van der Waals surface area (Å²) in [6.07, 6.45) is 30.1. The highest BCUT2D eigenvalue weighted by atomic mass is 32.2. The van der Waals surface area contributed by atoms with Crippen molar-refractivity contribution in [2.75, 3.05) is 12.5 Å². The van der Waals surface area contributed by atoms with Crippen molar-refractivity contribution in [2.45, 2.75) is 107 Å². The molecule has 0 aromatic carbocycles. The molecule has 1 aromatic rings. The predicted molar refractivity (Wildman–Crippen MR) is 133 cm³/mol. The van der Waals surface area contributed by atoms with E-state index in [4.69, 9.17) is 4.42 Å². The second kappa shape index (κ2) is 18.7. The van der Waals surface area contributed by atoms with Gasteiger partial charge in [0.2, 0.25) is 0 Å². The van der Waals surface area contributed by atoms with Crippen molar-refractivity contribution in [3.8, 4) is 0 Å². The number of hydrogen-bond donors (Lipinski definition) is 0. The van der Waals surface area contributed by atoms with Gasteiger partial charge in [0.1, 0.15) is 5.76 Å². The molecule has 0 N–H and O–H groups in total. The lowest BCUT2D eigenvalue weighted by Crippen LogP contribution is -2.19. The summed E-state index contributed by atoms with van der Waals surface area (Å²) >= 11 is 4.20. The largest absolute Gasteiger partial charge is 0.465 e. The zero-order chi connectivity index (χ0) is 20.3. The Morgan fingerprint density at radius 1 is 0.821 bits per heavy atom. The summed E-state index contributed by atoms with van der Waals surface area (Å²) in [6, 6.07) is 3.95. The molecule has 1 nitrogen and oxygen atoms in total. The highest BCUT2D eigenvalue weighted by Crippen LogP contribution is 2.29. The first-order valence-electron chi connectivity index (χ1n) is 11.6. The standard InChI is InChI=1S/C25H44OS2/c1-4-5-20-24(27-2)25(28-3)21-16-14-12-10-8-6-7-9-11-13-15-18-23-19-17-22-26-23/h15,17-19,22,24-25H,4-14,16,20-21H2,1-3H3/b18-15+. The number of hydrogen-bond acceptors (Lipinski definition) is 3. The molecule has 28 heavy (non-hydrogen) atoms. The molecule has 1 aromatic heterocycles. The summed E-state index contributed by atoms with van der Waals surface area (Å²) in [5, 5.41) is 1.73. The Kier molecular flexibility index (Phi) is 17.2. The minimum absolute atomic E-state index is 0.864. The van der Waals surface area contributed by atoms with Crippen molar-refractivity contribution in [3.63, 3.8) is 0 Å². The van der Waals surface area contributed by atoms with Gasteiger partial charge in [0.05, 0.1) is 6.26 Å². The van der Waals surface area contributed by atoms with E-state index in [2.05, 4.69) is 55.1 Å². The zero-order valence-electron chi connectivity index (χ0n) is 18.7. The molecule has 0 bridgehead atoms. The molecule has 2 atom stereocenters. The highest BCUT2D eigenvalue weighted by Gasteiger charge is 2.18. The number of allylic oxidation sites excluding steroid dienone is 1. The SMILES string of the molecule is CCCCC(SC)C(CCCCCCCCCCC/C=C/c1ccco1)SC. The lowest BCUT2D eigenvalue weighted by Gasteiger charge is -2.24. The van der Waals surface area contributed by atoms with E-state index in [1.807, 2.05) is 12.1 Å². The second-order valence-electron chi connectivity index (χ2n) is 7.87. The monoisotopic (exact) mass is 424 g/mol. The van der Waals surface area contributed by atoms with E-state index in [1.165, 1.54) is 89.9 Å². The maximum Gasteiger partial charge on any atom is 0.126 e. The van der Waals surface area contributed by atoms with Crippen LogP contribution in [0.5, 0.6) is 0 Å². The Labute approximate surface area is 183 Å². The first-order valence-corrected chi connectivity index (χ1v) is 14.1. The van der Waals surface area contributed by atoms with Gasteiger partial charge in [-0.05, 0) is 56.4 Å². The summed E-state index contributed by atoms with van der Waals surface area (Å²) in [5.74, 6) is 0.966. The van der Waals surface area contributed by atoms with E-state index < -0.39 is 0 Å². The molecule has 0 fully saturated rings. The fraction of sp³-hybridized carbons (Fsp3) is 0.760. The third kappa shape index (κ3) is 13.0. The van der Waals surface area contributed by atoms with Crippen molar-refractivity contribution in [2.24, 2.45) is 0 Å². The van der Waals surface area contributed by atoms with Gasteiger partial charge < -0.3 is 4.42 Å². The summed E-state index contributed by atoms with van der Waals surface area (Å²) in [4.78, 5) is 0. The zero-order valence-corrected chi connectivity index (χ0v) is 20.3. The molecule has 0 amide bonds. The first kappa shape index (κ1) is 25.8. The Hall–Kier alpha value is -0.280. The van der Waals surface area contributed by atoms with Gasteiger partial charge in [0.15, 0.2) is 0 Å². The molecule has 0 aliphatic heterocycles. The van der Waals surface area contributed by atoms with E-state index in [9.17, 15) is 0 Å². The molecule has 0 saturated heterocycles. The molecule has 1 heterocycles. The van der Waals surface area contributed by atoms with Gasteiger partial charge in [-0.15, -0.1) is 0 Å². The third-order valence-electron chi connectivity index (χ3n) is 5.55. The van der Waals surface area contributed by atoms with Crippen LogP contribution >= 0.6 is 23.5 Å². The van der Waals surface area contributed by atoms with Crippen molar-refractivity contribution in [1.82, 2.24) is 0 Å². The number of rotatable bonds is 19. The van der Waals surface area contributed by atoms with Crippen LogP contribution in [0.15, 0.2) is 28.9 Å². The van der Waals surface area contributed by atoms with Crippen LogP contribution < -0.4 is 0 Å². The van der Waals surface area contributed by atoms with E-state index in [0.29, 0.717) is 0 Å². The van der Waals surface area contributed by atoms with Crippen LogP contribution in [0.25, 0.3) is 6.08 Å². The van der Waals surface area contributed by atoms with Crippen molar-refractivity contribution in [1.29, 1.82) is 0 Å². The lowest BCUT2D eigenvalue weighted by atomic mass is 10.0. The second-order valence-corrected chi connectivity index (χ2v) is 10.0. The van der Waals surface area contributed by atoms with Crippen molar-refractivity contribution in [3.05, 3.63) is 30.2 Å². The number of unbranched alkanes of at least 4 members (excludes halogenated alkanes) is 10. The average Bonchev–Trinajstić information content (AvgIpc) is 3.23. The summed E-state index contributed by atoms with van der Waals surface area (Å²) in [6.45, 7) is 2.31. The van der Waals surface area contributed by atoms with Crippen molar-refractivity contribution < 1.29 is 4.42 Å². The molecule has 1 rings (SSSR count). The maximum atomic E-state index is 5.30. The number of thioether (sulfide) groups is 2. The molecular formula is C25H44OS2. The Morgan fingerprint density at radius 2 is 1.39 bits per heavy atom. The average molecular weight is 425 g/mol. The summed E-state index contributed by atoms with van der Waals surface area (Å²) in [5.41, 5.74) is 0. The Balaban J connectivity index is 1.90. The smallest absolute Gasteiger partial charge is 0.126 e. The van der Waals surface area contributed by atoms with Gasteiger partial charge in [0, 0.05) is 10.5 Å². The fourth-order valence-electron chi connectivity index (χ4n) is 3.75. The molecule has 0 saturated carbocycles. The molecule has 2 unspecified atom stereocenters. The summed E-state index contributed by atoms with van der Waals surface area (Å²) < 4.78 is 5.30. The Bertz CT molecular complexity index is 455. The van der Waals surface area contributed by atoms with Crippen LogP contribution in [0.1, 0.15) is 103 Å². The number of furan rings is 1. The van der Waals surface area contributed by atoms with Crippen LogP contribution in [0, 0.1) is 0 Å². The van der Waals surface area contributed by atoms with Gasteiger partial charge in [-0.2, -0.15) is 23.5 Å². The Morgan fingerprint density at radius 3 is 1.93 bits per heavy atom. The van der Waals surface area contributed by atoms with E-state index in [-0.39, 0.29) is 0 Å². The quantitative estimate of drug-likeness (QED) is 0.205. The van der Waals surface area contributed by atoms with E-state index >= 15 is 0 Å². The molecule has 3 heteroatoms. The van der Waals surface area contributed by atoms with Gasteiger partial charge in [-0.3, -0.25) is 0 Å². The third-order valence-corrected chi connectivity index (χ3v) is 8.06. The van der Waals surface area contributed by atoms with Crippen LogP contribution in [-0.2, 0) is 0 Å². The molecule has 162 valence electrons. The topological polar surface area (TPSA) is 13.1 Å². The molecule has 0 spiro atoms. The minimum atomic E-state index is 0.864. The fourth-order valence-corrected chi connectivity index (χ4v) is 6.10. The molecule has 0 aliphatic carbocycles. The van der Waals surface area contributed by atoms with E-state index in [0.717, 1.165) is 16.3 Å². The lowest BCUT2D eigenvalue weighted by molar-refractivity contribution is 0.541. The van der Waals surface area contributed by atoms with Gasteiger partial charge in [-0.25, -0.2) is 0 Å². The van der Waals surface area contributed by atoms with Crippen LogP contribution in [0.2, 0.25) is 0 Å². The molecular weight excluding hydrogens is 380 g/mol. The normalized spacial score (nSPS) is 14.0. The predicted octanol–water partition coefficient (Wildman–Crippen LogP) is 9.24. The van der Waals surface area contributed by atoms with Gasteiger partial charge in [-0.1, -0.05) is 77.2 Å². The van der Waals surface area contributed by atoms with Crippen LogP contribution in [-0.4, -0.2) is 23.0 Å². The molecule has 0 aliphatic rings. The maximum absolute atomic E-state index is 5.30. The minimum Gasteiger partial charge on any atom is -0.465 e.